The SMILES string of the molecule is CCCCCCCCCCOC(=O)C1CC1CO. The van der Waals surface area contributed by atoms with Crippen LogP contribution in [0, 0.1) is 11.8 Å². The van der Waals surface area contributed by atoms with Crippen molar-refractivity contribution in [3.63, 3.8) is 0 Å². The smallest absolute Gasteiger partial charge is 0.309 e. The first-order chi connectivity index (χ1) is 8.79. The summed E-state index contributed by atoms with van der Waals surface area (Å²) in [5, 5.41) is 8.85. The Morgan fingerprint density at radius 2 is 1.72 bits per heavy atom. The highest BCUT2D eigenvalue weighted by Gasteiger charge is 2.43. The van der Waals surface area contributed by atoms with Crippen molar-refractivity contribution in [1.29, 1.82) is 0 Å². The standard InChI is InChI=1S/C15H28O3/c1-2-3-4-5-6-7-8-9-10-18-15(17)14-11-13(14)12-16/h13-14,16H,2-12H2,1H3. The highest BCUT2D eigenvalue weighted by atomic mass is 16.5. The highest BCUT2D eigenvalue weighted by molar-refractivity contribution is 5.75. The van der Waals surface area contributed by atoms with Crippen LogP contribution in [0.1, 0.15) is 64.7 Å². The fourth-order valence-corrected chi connectivity index (χ4v) is 2.25. The molecule has 0 aromatic carbocycles. The molecular weight excluding hydrogens is 228 g/mol. The minimum absolute atomic E-state index is 0.0101. The molecular formula is C15H28O3. The van der Waals surface area contributed by atoms with Crippen molar-refractivity contribution in [1.82, 2.24) is 0 Å². The molecule has 106 valence electrons. The maximum atomic E-state index is 11.4. The van der Waals surface area contributed by atoms with Crippen LogP contribution >= 0.6 is 0 Å². The monoisotopic (exact) mass is 256 g/mol. The van der Waals surface area contributed by atoms with Gasteiger partial charge in [-0.25, -0.2) is 0 Å². The van der Waals surface area contributed by atoms with Crippen LogP contribution in [0.5, 0.6) is 0 Å². The molecule has 1 N–H and O–H groups in total. The highest BCUT2D eigenvalue weighted by Crippen LogP contribution is 2.38. The fraction of sp³-hybridized carbons (Fsp3) is 0.933. The number of carbonyl (C=O) groups excluding carboxylic acids is 1. The molecule has 0 aliphatic heterocycles. The Hall–Kier alpha value is -0.570. The van der Waals surface area contributed by atoms with Crippen LogP contribution in [0.3, 0.4) is 0 Å². The maximum Gasteiger partial charge on any atom is 0.309 e. The molecule has 0 radical (unpaired) electrons. The van der Waals surface area contributed by atoms with Crippen molar-refractivity contribution in [2.75, 3.05) is 13.2 Å². The van der Waals surface area contributed by atoms with Gasteiger partial charge in [0.05, 0.1) is 12.5 Å². The van der Waals surface area contributed by atoms with Crippen LogP contribution in [0.15, 0.2) is 0 Å². The van der Waals surface area contributed by atoms with Gasteiger partial charge >= 0.3 is 5.97 Å². The summed E-state index contributed by atoms with van der Waals surface area (Å²) >= 11 is 0. The lowest BCUT2D eigenvalue weighted by Crippen LogP contribution is -2.10. The molecule has 0 heterocycles. The molecule has 3 nitrogen and oxygen atoms in total. The molecule has 0 bridgehead atoms. The zero-order valence-electron chi connectivity index (χ0n) is 11.7. The second-order valence-electron chi connectivity index (χ2n) is 5.43. The predicted octanol–water partition coefficient (Wildman–Crippen LogP) is 3.30. The summed E-state index contributed by atoms with van der Waals surface area (Å²) < 4.78 is 5.19. The first kappa shape index (κ1) is 15.5. The predicted molar refractivity (Wildman–Crippen MR) is 72.3 cm³/mol. The Bertz CT molecular complexity index is 228. The van der Waals surface area contributed by atoms with E-state index in [-0.39, 0.29) is 24.4 Å². The number of carbonyl (C=O) groups is 1. The second kappa shape index (κ2) is 9.37. The Labute approximate surface area is 111 Å². The normalized spacial score (nSPS) is 21.9. The maximum absolute atomic E-state index is 11.4. The van der Waals surface area contributed by atoms with Gasteiger partial charge in [-0.3, -0.25) is 4.79 Å². The van der Waals surface area contributed by atoms with Gasteiger partial charge in [0.25, 0.3) is 0 Å². The van der Waals surface area contributed by atoms with Crippen LogP contribution in [0.25, 0.3) is 0 Å². The third kappa shape index (κ3) is 6.39. The van der Waals surface area contributed by atoms with Gasteiger partial charge in [-0.05, 0) is 18.8 Å². The fourth-order valence-electron chi connectivity index (χ4n) is 2.25. The summed E-state index contributed by atoms with van der Waals surface area (Å²) in [6.07, 6.45) is 10.9. The van der Waals surface area contributed by atoms with E-state index in [9.17, 15) is 4.79 Å². The van der Waals surface area contributed by atoms with Crippen molar-refractivity contribution >= 4 is 5.97 Å². The molecule has 1 fully saturated rings. The average Bonchev–Trinajstić information content (AvgIpc) is 3.16. The molecule has 3 heteroatoms. The zero-order chi connectivity index (χ0) is 13.2. The minimum atomic E-state index is -0.100. The molecule has 18 heavy (non-hydrogen) atoms. The second-order valence-corrected chi connectivity index (χ2v) is 5.43. The van der Waals surface area contributed by atoms with Gasteiger partial charge in [-0.15, -0.1) is 0 Å². The van der Waals surface area contributed by atoms with Crippen LogP contribution < -0.4 is 0 Å². The van der Waals surface area contributed by atoms with Crippen molar-refractivity contribution in [3.8, 4) is 0 Å². The third-order valence-electron chi connectivity index (χ3n) is 3.70. The number of hydrogen-bond acceptors (Lipinski definition) is 3. The van der Waals surface area contributed by atoms with E-state index in [4.69, 9.17) is 9.84 Å². The molecule has 0 spiro atoms. The summed E-state index contributed by atoms with van der Waals surface area (Å²) in [4.78, 5) is 11.4. The molecule has 0 amide bonds. The van der Waals surface area contributed by atoms with Crippen LogP contribution in [0.2, 0.25) is 0 Å². The van der Waals surface area contributed by atoms with E-state index in [0.717, 1.165) is 19.3 Å². The Morgan fingerprint density at radius 1 is 1.11 bits per heavy atom. The summed E-state index contributed by atoms with van der Waals surface area (Å²) in [5.41, 5.74) is 0. The van der Waals surface area contributed by atoms with E-state index in [2.05, 4.69) is 6.92 Å². The Balaban J connectivity index is 1.80. The third-order valence-corrected chi connectivity index (χ3v) is 3.70. The van der Waals surface area contributed by atoms with Crippen molar-refractivity contribution in [2.45, 2.75) is 64.7 Å². The van der Waals surface area contributed by atoms with Crippen LogP contribution in [-0.4, -0.2) is 24.3 Å². The van der Waals surface area contributed by atoms with E-state index >= 15 is 0 Å². The summed E-state index contributed by atoms with van der Waals surface area (Å²) in [5.74, 6) is 0.0668. The molecule has 1 aliphatic rings. The first-order valence-corrected chi connectivity index (χ1v) is 7.57. The van der Waals surface area contributed by atoms with Crippen molar-refractivity contribution in [2.24, 2.45) is 11.8 Å². The largest absolute Gasteiger partial charge is 0.465 e. The lowest BCUT2D eigenvalue weighted by atomic mass is 10.1. The van der Waals surface area contributed by atoms with Crippen LogP contribution in [-0.2, 0) is 9.53 Å². The topological polar surface area (TPSA) is 46.5 Å². The summed E-state index contributed by atoms with van der Waals surface area (Å²) in [7, 11) is 0. The molecule has 1 aliphatic carbocycles. The van der Waals surface area contributed by atoms with E-state index in [1.165, 1.54) is 38.5 Å². The number of ether oxygens (including phenoxy) is 1. The lowest BCUT2D eigenvalue weighted by Gasteiger charge is -2.04. The average molecular weight is 256 g/mol. The van der Waals surface area contributed by atoms with Crippen molar-refractivity contribution < 1.29 is 14.6 Å². The van der Waals surface area contributed by atoms with Gasteiger partial charge in [0.2, 0.25) is 0 Å². The van der Waals surface area contributed by atoms with E-state index in [0.29, 0.717) is 6.61 Å². The molecule has 0 aromatic rings. The molecule has 2 unspecified atom stereocenters. The number of hydrogen-bond donors (Lipinski definition) is 1. The number of esters is 1. The summed E-state index contributed by atoms with van der Waals surface area (Å²) in [6.45, 7) is 2.91. The lowest BCUT2D eigenvalue weighted by molar-refractivity contribution is -0.145. The van der Waals surface area contributed by atoms with Crippen LogP contribution in [0.4, 0.5) is 0 Å². The number of unbranched alkanes of at least 4 members (excludes halogenated alkanes) is 7. The van der Waals surface area contributed by atoms with E-state index < -0.39 is 0 Å². The zero-order valence-corrected chi connectivity index (χ0v) is 11.7. The van der Waals surface area contributed by atoms with Crippen molar-refractivity contribution in [3.05, 3.63) is 0 Å². The molecule has 1 rings (SSSR count). The number of aliphatic hydroxyl groups excluding tert-OH is 1. The quantitative estimate of drug-likeness (QED) is 0.456. The minimum Gasteiger partial charge on any atom is -0.465 e. The first-order valence-electron chi connectivity index (χ1n) is 7.57. The number of aliphatic hydroxyl groups is 1. The molecule has 0 aromatic heterocycles. The molecule has 2 atom stereocenters. The van der Waals surface area contributed by atoms with Gasteiger partial charge in [0, 0.05) is 6.61 Å². The van der Waals surface area contributed by atoms with E-state index in [1.54, 1.807) is 0 Å². The van der Waals surface area contributed by atoms with Gasteiger partial charge < -0.3 is 9.84 Å². The van der Waals surface area contributed by atoms with E-state index in [1.807, 2.05) is 0 Å². The molecule has 0 saturated heterocycles. The van der Waals surface area contributed by atoms with Gasteiger partial charge in [0.1, 0.15) is 0 Å². The Kier molecular flexibility index (Phi) is 8.06. The summed E-state index contributed by atoms with van der Waals surface area (Å²) in [6, 6.07) is 0. The Morgan fingerprint density at radius 3 is 2.28 bits per heavy atom. The van der Waals surface area contributed by atoms with Gasteiger partial charge in [-0.1, -0.05) is 51.9 Å². The van der Waals surface area contributed by atoms with Gasteiger partial charge in [-0.2, -0.15) is 0 Å². The van der Waals surface area contributed by atoms with Gasteiger partial charge in [0.15, 0.2) is 0 Å². The number of rotatable bonds is 11. The molecule has 1 saturated carbocycles.